The maximum atomic E-state index is 13.0. The lowest BCUT2D eigenvalue weighted by molar-refractivity contribution is -0.161. The first kappa shape index (κ1) is 102. The molecule has 0 radical (unpaired) electrons. The Morgan fingerprint density at radius 1 is 0.262 bits per heavy atom. The van der Waals surface area contributed by atoms with Crippen molar-refractivity contribution >= 4 is 33.6 Å². The number of aliphatic hydroxyl groups excluding tert-OH is 2. The molecule has 0 aromatic heterocycles. The lowest BCUT2D eigenvalue weighted by Crippen LogP contribution is -2.30. The van der Waals surface area contributed by atoms with Gasteiger partial charge in [-0.25, -0.2) is 9.13 Å². The summed E-state index contributed by atoms with van der Waals surface area (Å²) in [6, 6.07) is 0. The van der Waals surface area contributed by atoms with Crippen LogP contribution < -0.4 is 0 Å². The SMILES string of the molecule is CC/C=C\C/C=C\C/C=C\C/C=C\C/C=C\CCCCCCCCCCCCCCCCCCCCCC(=O)OCC(O)COP(=O)(O)OCC(O)COP(=O)(O)OCC(COC(=O)CCCCCCC/C=C\C/C=C\C/C=C\C/C=C\C/C=C\CC)OC(=O)CCCCCCC/C=C\C/C=C\C/C=C\CC. The summed E-state index contributed by atoms with van der Waals surface area (Å²) in [6.07, 6.45) is 102. The van der Waals surface area contributed by atoms with Gasteiger partial charge in [-0.05, 0) is 141 Å². The van der Waals surface area contributed by atoms with Gasteiger partial charge in [0.05, 0.1) is 26.4 Å². The Labute approximate surface area is 650 Å². The van der Waals surface area contributed by atoms with Crippen LogP contribution in [0.5, 0.6) is 0 Å². The van der Waals surface area contributed by atoms with E-state index in [-0.39, 0.29) is 19.3 Å². The number of allylic oxidation sites excluding steroid dienone is 26. The number of phosphoric ester groups is 2. The third-order valence-corrected chi connectivity index (χ3v) is 19.1. The Kier molecular flexibility index (Phi) is 77.0. The molecule has 0 saturated carbocycles. The Morgan fingerprint density at radius 2 is 0.467 bits per heavy atom. The molecule has 0 aliphatic carbocycles. The molecule has 16 nitrogen and oxygen atoms in total. The van der Waals surface area contributed by atoms with Crippen LogP contribution in [-0.2, 0) is 55.8 Å². The van der Waals surface area contributed by atoms with Crippen molar-refractivity contribution in [2.45, 2.75) is 347 Å². The number of hydrogen-bond acceptors (Lipinski definition) is 14. The van der Waals surface area contributed by atoms with Gasteiger partial charge < -0.3 is 34.2 Å². The molecular formula is C89H150O16P2. The van der Waals surface area contributed by atoms with Crippen molar-refractivity contribution < 1.29 is 75.8 Å². The maximum Gasteiger partial charge on any atom is 0.472 e. The average molecular weight is 1540 g/mol. The van der Waals surface area contributed by atoms with Crippen LogP contribution in [-0.4, -0.2) is 95.9 Å². The quantitative estimate of drug-likeness (QED) is 0.0146. The number of unbranched alkanes of at least 4 members (excludes halogenated alkanes) is 29. The molecule has 0 aromatic carbocycles. The third-order valence-electron chi connectivity index (χ3n) is 17.2. The van der Waals surface area contributed by atoms with Crippen LogP contribution in [0.25, 0.3) is 0 Å². The number of carbonyl (C=O) groups excluding carboxylic acids is 3. The van der Waals surface area contributed by atoms with E-state index in [9.17, 15) is 43.5 Å². The monoisotopic (exact) mass is 1540 g/mol. The zero-order valence-electron chi connectivity index (χ0n) is 67.0. The van der Waals surface area contributed by atoms with Crippen molar-refractivity contribution in [1.82, 2.24) is 0 Å². The van der Waals surface area contributed by atoms with Gasteiger partial charge in [-0.1, -0.05) is 326 Å². The topological polar surface area (TPSA) is 231 Å². The van der Waals surface area contributed by atoms with Gasteiger partial charge in [0.15, 0.2) is 6.10 Å². The summed E-state index contributed by atoms with van der Waals surface area (Å²) in [7, 11) is -9.81. The summed E-state index contributed by atoms with van der Waals surface area (Å²) in [5.74, 6) is -1.62. The van der Waals surface area contributed by atoms with Crippen LogP contribution in [0.4, 0.5) is 0 Å². The number of hydrogen-bond donors (Lipinski definition) is 4. The van der Waals surface area contributed by atoms with Gasteiger partial charge in [0.1, 0.15) is 25.4 Å². The number of esters is 3. The minimum Gasteiger partial charge on any atom is -0.463 e. The van der Waals surface area contributed by atoms with Crippen molar-refractivity contribution in [1.29, 1.82) is 0 Å². The second-order valence-corrected chi connectivity index (χ2v) is 30.4. The van der Waals surface area contributed by atoms with Crippen LogP contribution >= 0.6 is 15.6 Å². The van der Waals surface area contributed by atoms with E-state index in [4.69, 9.17) is 32.3 Å². The van der Waals surface area contributed by atoms with Crippen molar-refractivity contribution in [2.75, 3.05) is 39.6 Å². The molecule has 0 heterocycles. The molecule has 107 heavy (non-hydrogen) atoms. The number of phosphoric acid groups is 2. The summed E-state index contributed by atoms with van der Waals surface area (Å²) in [6.45, 7) is 2.31. The molecule has 0 aliphatic heterocycles. The van der Waals surface area contributed by atoms with Crippen molar-refractivity contribution in [3.63, 3.8) is 0 Å². The first-order valence-corrected chi connectivity index (χ1v) is 44.8. The third kappa shape index (κ3) is 82.0. The van der Waals surface area contributed by atoms with Crippen molar-refractivity contribution in [3.8, 4) is 0 Å². The van der Waals surface area contributed by atoms with Gasteiger partial charge in [0.2, 0.25) is 0 Å². The molecule has 0 amide bonds. The zero-order chi connectivity index (χ0) is 78.0. The summed E-state index contributed by atoms with van der Waals surface area (Å²) >= 11 is 0. The van der Waals surface area contributed by atoms with E-state index < -0.39 is 91.5 Å². The second kappa shape index (κ2) is 80.7. The minimum absolute atomic E-state index is 0.0765. The fourth-order valence-electron chi connectivity index (χ4n) is 11.0. The van der Waals surface area contributed by atoms with Crippen molar-refractivity contribution in [2.24, 2.45) is 0 Å². The van der Waals surface area contributed by atoms with E-state index in [0.717, 1.165) is 167 Å². The first-order valence-electron chi connectivity index (χ1n) is 41.8. The van der Waals surface area contributed by atoms with Gasteiger partial charge >= 0.3 is 33.6 Å². The van der Waals surface area contributed by atoms with E-state index in [1.165, 1.54) is 103 Å². The lowest BCUT2D eigenvalue weighted by atomic mass is 10.0. The predicted octanol–water partition coefficient (Wildman–Crippen LogP) is 25.0. The van der Waals surface area contributed by atoms with Crippen LogP contribution in [0, 0.1) is 0 Å². The molecular weight excluding hydrogens is 1390 g/mol. The van der Waals surface area contributed by atoms with Gasteiger partial charge in [0.25, 0.3) is 0 Å². The standard InChI is InChI=1S/C89H150O16P2/c1-4-7-10-13-16-19-22-25-28-30-32-34-35-36-37-38-39-40-41-42-43-44-45-46-47-49-51-52-55-57-60-63-66-69-72-75-87(92)99-78-84(90)79-101-106(95,96)102-80-85(91)81-103-107(97,98)104-83-86(105-89(94)77-74-71-68-65-62-59-54-27-24-21-18-15-12-9-6-3)82-100-88(93)76-73-70-67-64-61-58-56-53-50-48-33-31-29-26-23-20-17-14-11-8-5-2/h7-12,16-21,25-29,32-34,36-37,48,53-54,56,84-86,90-91H,4-6,13-15,22-24,30-31,35,38-47,49-52,55,57-83H2,1-3H3,(H,95,96)(H,97,98)/b10-7-,11-8-,12-9-,19-16-,20-17-,21-18-,28-25-,29-26-,34-32-,37-36-,48-33-,54-27-,56-53-. The molecule has 0 spiro atoms. The smallest absolute Gasteiger partial charge is 0.463 e. The molecule has 5 unspecified atom stereocenters. The predicted molar refractivity (Wildman–Crippen MR) is 445 cm³/mol. The van der Waals surface area contributed by atoms with Crippen LogP contribution in [0.3, 0.4) is 0 Å². The highest BCUT2D eigenvalue weighted by Crippen LogP contribution is 2.45. The van der Waals surface area contributed by atoms with E-state index >= 15 is 0 Å². The van der Waals surface area contributed by atoms with Gasteiger partial charge in [-0.3, -0.25) is 32.5 Å². The molecule has 612 valence electrons. The molecule has 0 aromatic rings. The normalized spacial score (nSPS) is 14.7. The molecule has 4 N–H and O–H groups in total. The van der Waals surface area contributed by atoms with Crippen LogP contribution in [0.1, 0.15) is 329 Å². The fourth-order valence-corrected chi connectivity index (χ4v) is 12.6. The average Bonchev–Trinajstić information content (AvgIpc) is 0.906. The summed E-state index contributed by atoms with van der Waals surface area (Å²) in [5, 5.41) is 20.7. The Hall–Kier alpha value is -4.83. The molecule has 0 aliphatic rings. The Morgan fingerprint density at radius 3 is 0.738 bits per heavy atom. The van der Waals surface area contributed by atoms with Crippen molar-refractivity contribution in [3.05, 3.63) is 158 Å². The highest BCUT2D eigenvalue weighted by Gasteiger charge is 2.29. The van der Waals surface area contributed by atoms with E-state index in [0.29, 0.717) is 19.3 Å². The number of carbonyl (C=O) groups is 3. The van der Waals surface area contributed by atoms with E-state index in [2.05, 4.69) is 179 Å². The molecule has 0 saturated heterocycles. The lowest BCUT2D eigenvalue weighted by Gasteiger charge is -2.21. The fraction of sp³-hybridized carbons (Fsp3) is 0.674. The van der Waals surface area contributed by atoms with Gasteiger partial charge in [-0.2, -0.15) is 0 Å². The van der Waals surface area contributed by atoms with Crippen LogP contribution in [0.2, 0.25) is 0 Å². The first-order chi connectivity index (χ1) is 52.2. The largest absolute Gasteiger partial charge is 0.472 e. The van der Waals surface area contributed by atoms with Gasteiger partial charge in [-0.15, -0.1) is 0 Å². The molecule has 0 fully saturated rings. The second-order valence-electron chi connectivity index (χ2n) is 27.5. The zero-order valence-corrected chi connectivity index (χ0v) is 68.8. The summed E-state index contributed by atoms with van der Waals surface area (Å²) in [4.78, 5) is 58.7. The minimum atomic E-state index is -4.94. The van der Waals surface area contributed by atoms with Gasteiger partial charge in [0, 0.05) is 19.3 Å². The maximum absolute atomic E-state index is 13.0. The highest BCUT2D eigenvalue weighted by atomic mass is 31.2. The van der Waals surface area contributed by atoms with E-state index in [1.54, 1.807) is 0 Å². The molecule has 5 atom stereocenters. The molecule has 0 rings (SSSR count). The number of ether oxygens (including phenoxy) is 3. The number of aliphatic hydroxyl groups is 2. The highest BCUT2D eigenvalue weighted by molar-refractivity contribution is 7.47. The number of rotatable bonds is 78. The van der Waals surface area contributed by atoms with Crippen LogP contribution in [0.15, 0.2) is 158 Å². The Bertz CT molecular complexity index is 2580. The molecule has 18 heteroatoms. The Balaban J connectivity index is 4.44. The summed E-state index contributed by atoms with van der Waals surface area (Å²) in [5.41, 5.74) is 0. The summed E-state index contributed by atoms with van der Waals surface area (Å²) < 4.78 is 61.2. The van der Waals surface area contributed by atoms with E-state index in [1.807, 2.05) is 0 Å². The molecule has 0 bridgehead atoms.